The van der Waals surface area contributed by atoms with Crippen LogP contribution in [-0.4, -0.2) is 37.4 Å². The first-order valence-corrected chi connectivity index (χ1v) is 12.7. The number of carbonyl (C=O) groups excluding carboxylic acids is 1. The first-order valence-electron chi connectivity index (χ1n) is 12.0. The maximum Gasteiger partial charge on any atom is 0.387 e. The van der Waals surface area contributed by atoms with Crippen molar-refractivity contribution in [3.63, 3.8) is 0 Å². The van der Waals surface area contributed by atoms with Gasteiger partial charge in [0.1, 0.15) is 19.3 Å². The summed E-state index contributed by atoms with van der Waals surface area (Å²) in [6, 6.07) is 9.19. The van der Waals surface area contributed by atoms with Crippen LogP contribution in [0.5, 0.6) is 23.0 Å². The predicted octanol–water partition coefficient (Wildman–Crippen LogP) is 6.69. The van der Waals surface area contributed by atoms with Gasteiger partial charge in [0, 0.05) is 18.8 Å². The highest BCUT2D eigenvalue weighted by Gasteiger charge is 2.26. The molecule has 5 rings (SSSR count). The van der Waals surface area contributed by atoms with Crippen LogP contribution >= 0.6 is 23.2 Å². The highest BCUT2D eigenvalue weighted by molar-refractivity contribution is 6.35. The molecule has 200 valence electrons. The SMILES string of the molecule is O=C(OC(Cc1c(Cl)cncc1Cl)c1ccc(OC(F)F)c(OCC2CC2)c1)c1ccc2c(c1)OCCO2. The van der Waals surface area contributed by atoms with E-state index in [1.165, 1.54) is 30.6 Å². The third-order valence-electron chi connectivity index (χ3n) is 6.10. The molecule has 1 atom stereocenters. The summed E-state index contributed by atoms with van der Waals surface area (Å²) in [5.41, 5.74) is 1.23. The highest BCUT2D eigenvalue weighted by Crippen LogP contribution is 2.38. The molecule has 1 unspecified atom stereocenters. The van der Waals surface area contributed by atoms with E-state index in [0.29, 0.717) is 58.4 Å². The lowest BCUT2D eigenvalue weighted by Gasteiger charge is -2.22. The summed E-state index contributed by atoms with van der Waals surface area (Å²) < 4.78 is 53.5. The molecule has 38 heavy (non-hydrogen) atoms. The number of hydrogen-bond acceptors (Lipinski definition) is 7. The molecular weight excluding hydrogens is 543 g/mol. The number of rotatable bonds is 10. The van der Waals surface area contributed by atoms with Gasteiger partial charge in [-0.1, -0.05) is 29.3 Å². The van der Waals surface area contributed by atoms with Gasteiger partial charge in [0.15, 0.2) is 23.0 Å². The summed E-state index contributed by atoms with van der Waals surface area (Å²) in [6.45, 7) is -1.87. The second-order valence-corrected chi connectivity index (χ2v) is 9.69. The third-order valence-corrected chi connectivity index (χ3v) is 6.75. The van der Waals surface area contributed by atoms with Crippen molar-refractivity contribution in [2.75, 3.05) is 19.8 Å². The monoisotopic (exact) mass is 565 g/mol. The fourth-order valence-corrected chi connectivity index (χ4v) is 4.46. The average Bonchev–Trinajstić information content (AvgIpc) is 3.73. The first-order chi connectivity index (χ1) is 18.4. The highest BCUT2D eigenvalue weighted by atomic mass is 35.5. The fraction of sp³-hybridized carbons (Fsp3) is 0.333. The van der Waals surface area contributed by atoms with Crippen molar-refractivity contribution in [3.8, 4) is 23.0 Å². The van der Waals surface area contributed by atoms with Crippen molar-refractivity contribution in [1.82, 2.24) is 4.98 Å². The van der Waals surface area contributed by atoms with Gasteiger partial charge in [0.25, 0.3) is 0 Å². The minimum atomic E-state index is -3.03. The number of carbonyl (C=O) groups is 1. The molecule has 0 saturated heterocycles. The van der Waals surface area contributed by atoms with Crippen molar-refractivity contribution in [1.29, 1.82) is 0 Å². The van der Waals surface area contributed by atoms with Crippen LogP contribution in [0.3, 0.4) is 0 Å². The summed E-state index contributed by atoms with van der Waals surface area (Å²) in [7, 11) is 0. The molecule has 1 aromatic heterocycles. The van der Waals surface area contributed by atoms with E-state index in [-0.39, 0.29) is 23.5 Å². The molecule has 0 radical (unpaired) electrons. The van der Waals surface area contributed by atoms with E-state index in [2.05, 4.69) is 9.72 Å². The first kappa shape index (κ1) is 26.3. The van der Waals surface area contributed by atoms with Gasteiger partial charge in [0.2, 0.25) is 0 Å². The Labute approximate surface area is 227 Å². The third kappa shape index (κ3) is 6.39. The van der Waals surface area contributed by atoms with Gasteiger partial charge < -0.3 is 23.7 Å². The van der Waals surface area contributed by atoms with Crippen LogP contribution in [0.15, 0.2) is 48.8 Å². The van der Waals surface area contributed by atoms with Crippen molar-refractivity contribution in [2.24, 2.45) is 5.92 Å². The molecule has 0 N–H and O–H groups in total. The van der Waals surface area contributed by atoms with Gasteiger partial charge in [-0.05, 0) is 60.2 Å². The summed E-state index contributed by atoms with van der Waals surface area (Å²) in [5.74, 6) is 0.722. The number of pyridine rings is 1. The van der Waals surface area contributed by atoms with E-state index in [4.69, 9.17) is 42.1 Å². The second kappa shape index (κ2) is 11.6. The van der Waals surface area contributed by atoms with Crippen molar-refractivity contribution in [2.45, 2.75) is 32.0 Å². The van der Waals surface area contributed by atoms with Gasteiger partial charge in [-0.25, -0.2) is 4.79 Å². The molecule has 2 aliphatic rings. The van der Waals surface area contributed by atoms with E-state index in [1.807, 2.05) is 0 Å². The molecule has 2 heterocycles. The Morgan fingerprint density at radius 1 is 1.00 bits per heavy atom. The number of aromatic nitrogens is 1. The quantitative estimate of drug-likeness (QED) is 0.253. The number of fused-ring (bicyclic) bond motifs is 1. The largest absolute Gasteiger partial charge is 0.489 e. The maximum atomic E-state index is 13.2. The number of alkyl halides is 2. The summed E-state index contributed by atoms with van der Waals surface area (Å²) >= 11 is 12.7. The molecule has 0 amide bonds. The maximum absolute atomic E-state index is 13.2. The molecule has 0 bridgehead atoms. The zero-order valence-electron chi connectivity index (χ0n) is 20.0. The lowest BCUT2D eigenvalue weighted by atomic mass is 10.0. The fourth-order valence-electron chi connectivity index (χ4n) is 3.94. The van der Waals surface area contributed by atoms with E-state index in [0.717, 1.165) is 12.8 Å². The lowest BCUT2D eigenvalue weighted by molar-refractivity contribution is -0.0515. The van der Waals surface area contributed by atoms with Gasteiger partial charge in [-0.2, -0.15) is 8.78 Å². The molecule has 7 nitrogen and oxygen atoms in total. The minimum Gasteiger partial charge on any atom is -0.489 e. The number of benzene rings is 2. The van der Waals surface area contributed by atoms with Gasteiger partial charge >= 0.3 is 12.6 Å². The Hall–Kier alpha value is -3.30. The van der Waals surface area contributed by atoms with E-state index in [9.17, 15) is 13.6 Å². The van der Waals surface area contributed by atoms with Crippen LogP contribution in [0.1, 0.15) is 40.4 Å². The number of ether oxygens (including phenoxy) is 5. The molecular formula is C27H23Cl2F2NO6. The number of esters is 1. The summed E-state index contributed by atoms with van der Waals surface area (Å²) in [4.78, 5) is 17.2. The molecule has 1 fully saturated rings. The molecule has 2 aromatic carbocycles. The van der Waals surface area contributed by atoms with Crippen molar-refractivity contribution < 1.29 is 37.3 Å². The normalized spacial score (nSPS) is 15.2. The average molecular weight is 566 g/mol. The Kier molecular flexibility index (Phi) is 8.04. The number of halogens is 4. The Bertz CT molecular complexity index is 1300. The van der Waals surface area contributed by atoms with Crippen molar-refractivity contribution >= 4 is 29.2 Å². The van der Waals surface area contributed by atoms with Crippen LogP contribution in [0, 0.1) is 5.92 Å². The zero-order chi connectivity index (χ0) is 26.6. The summed E-state index contributed by atoms with van der Waals surface area (Å²) in [6.07, 6.45) is 4.09. The molecule has 1 saturated carbocycles. The number of hydrogen-bond donors (Lipinski definition) is 0. The van der Waals surface area contributed by atoms with Gasteiger partial charge in [-0.15, -0.1) is 0 Å². The minimum absolute atomic E-state index is 0.0909. The Morgan fingerprint density at radius 2 is 1.74 bits per heavy atom. The molecule has 0 spiro atoms. The second-order valence-electron chi connectivity index (χ2n) is 8.88. The molecule has 11 heteroatoms. The molecule has 1 aliphatic carbocycles. The smallest absolute Gasteiger partial charge is 0.387 e. The van der Waals surface area contributed by atoms with Crippen LogP contribution in [0.25, 0.3) is 0 Å². The molecule has 1 aliphatic heterocycles. The van der Waals surface area contributed by atoms with E-state index < -0.39 is 18.7 Å². The summed E-state index contributed by atoms with van der Waals surface area (Å²) in [5, 5.41) is 0.585. The van der Waals surface area contributed by atoms with Gasteiger partial charge in [-0.3, -0.25) is 4.98 Å². The van der Waals surface area contributed by atoms with Crippen LogP contribution < -0.4 is 18.9 Å². The van der Waals surface area contributed by atoms with E-state index >= 15 is 0 Å². The van der Waals surface area contributed by atoms with E-state index in [1.54, 1.807) is 18.2 Å². The van der Waals surface area contributed by atoms with Crippen LogP contribution in [-0.2, 0) is 11.2 Å². The lowest BCUT2D eigenvalue weighted by Crippen LogP contribution is -2.17. The molecule has 3 aromatic rings. The van der Waals surface area contributed by atoms with Gasteiger partial charge in [0.05, 0.1) is 22.2 Å². The topological polar surface area (TPSA) is 76.1 Å². The van der Waals surface area contributed by atoms with Crippen LogP contribution in [0.4, 0.5) is 8.78 Å². The zero-order valence-corrected chi connectivity index (χ0v) is 21.5. The number of nitrogens with zero attached hydrogens (tertiary/aromatic N) is 1. The standard InChI is InChI=1S/C27H23Cl2F2NO6/c28-19-12-32-13-20(29)18(19)11-23(37-26(33)17-4-5-21-24(10-17)35-8-7-34-21)16-3-6-22(38-27(30)31)25(9-16)36-14-15-1-2-15/h3-6,9-10,12-13,15,23,27H,1-2,7-8,11,14H2. The van der Waals surface area contributed by atoms with Crippen molar-refractivity contribution in [3.05, 3.63) is 75.5 Å². The van der Waals surface area contributed by atoms with Crippen LogP contribution in [0.2, 0.25) is 10.0 Å². The predicted molar refractivity (Wildman–Crippen MR) is 135 cm³/mol. The Balaban J connectivity index is 1.46. The Morgan fingerprint density at radius 3 is 2.45 bits per heavy atom.